The highest BCUT2D eigenvalue weighted by atomic mass is 16.5. The van der Waals surface area contributed by atoms with Crippen molar-refractivity contribution in [2.24, 2.45) is 0 Å². The zero-order valence-corrected chi connectivity index (χ0v) is 12.2. The Morgan fingerprint density at radius 3 is 2.43 bits per heavy atom. The molecule has 0 fully saturated rings. The van der Waals surface area contributed by atoms with Crippen molar-refractivity contribution in [1.29, 1.82) is 0 Å². The molecule has 0 bridgehead atoms. The first-order chi connectivity index (χ1) is 10.1. The molecule has 0 atom stereocenters. The SMILES string of the molecule is Cc1ccc(C(=O)CCNC(=O)NCCOCCO)cc1. The highest BCUT2D eigenvalue weighted by Crippen LogP contribution is 2.05. The van der Waals surface area contributed by atoms with Crippen LogP contribution in [0.4, 0.5) is 4.79 Å². The van der Waals surface area contributed by atoms with Crippen molar-refractivity contribution in [3.8, 4) is 0 Å². The van der Waals surface area contributed by atoms with Crippen molar-refractivity contribution < 1.29 is 19.4 Å². The van der Waals surface area contributed by atoms with E-state index in [0.29, 0.717) is 18.7 Å². The Morgan fingerprint density at radius 1 is 1.10 bits per heavy atom. The number of urea groups is 1. The van der Waals surface area contributed by atoms with E-state index in [-0.39, 0.29) is 38.0 Å². The second-order valence-electron chi connectivity index (χ2n) is 4.56. The van der Waals surface area contributed by atoms with E-state index in [1.807, 2.05) is 19.1 Å². The van der Waals surface area contributed by atoms with Crippen LogP contribution < -0.4 is 10.6 Å². The lowest BCUT2D eigenvalue weighted by Crippen LogP contribution is -2.38. The molecule has 1 aromatic carbocycles. The normalized spacial score (nSPS) is 10.2. The van der Waals surface area contributed by atoms with E-state index >= 15 is 0 Å². The molecule has 0 aliphatic heterocycles. The minimum Gasteiger partial charge on any atom is -0.394 e. The third-order valence-electron chi connectivity index (χ3n) is 2.78. The molecule has 2 amide bonds. The number of carbonyl (C=O) groups excluding carboxylic acids is 2. The highest BCUT2D eigenvalue weighted by molar-refractivity contribution is 5.96. The van der Waals surface area contributed by atoms with Gasteiger partial charge >= 0.3 is 6.03 Å². The molecule has 0 heterocycles. The van der Waals surface area contributed by atoms with Gasteiger partial charge in [-0.1, -0.05) is 29.8 Å². The van der Waals surface area contributed by atoms with Gasteiger partial charge in [0.2, 0.25) is 0 Å². The number of amides is 2. The standard InChI is InChI=1S/C15H22N2O4/c1-12-2-4-13(5-3-12)14(19)6-7-16-15(20)17-8-10-21-11-9-18/h2-5,18H,6-11H2,1H3,(H2,16,17,20). The van der Waals surface area contributed by atoms with Gasteiger partial charge in [0, 0.05) is 25.1 Å². The number of aliphatic hydroxyl groups excluding tert-OH is 1. The largest absolute Gasteiger partial charge is 0.394 e. The Morgan fingerprint density at radius 2 is 1.76 bits per heavy atom. The lowest BCUT2D eigenvalue weighted by atomic mass is 10.1. The van der Waals surface area contributed by atoms with E-state index < -0.39 is 0 Å². The molecule has 0 spiro atoms. The molecule has 3 N–H and O–H groups in total. The number of hydrogen-bond acceptors (Lipinski definition) is 4. The fourth-order valence-corrected chi connectivity index (χ4v) is 1.64. The first-order valence-electron chi connectivity index (χ1n) is 6.93. The number of ketones is 1. The molecule has 0 aliphatic carbocycles. The van der Waals surface area contributed by atoms with Gasteiger partial charge in [0.1, 0.15) is 0 Å². The summed E-state index contributed by atoms with van der Waals surface area (Å²) in [5.74, 6) is 0.00146. The van der Waals surface area contributed by atoms with Gasteiger partial charge in [-0.25, -0.2) is 4.79 Å². The molecule has 6 heteroatoms. The molecule has 0 radical (unpaired) electrons. The Kier molecular flexibility index (Phi) is 8.08. The van der Waals surface area contributed by atoms with Gasteiger partial charge in [0.15, 0.2) is 5.78 Å². The number of benzene rings is 1. The van der Waals surface area contributed by atoms with Gasteiger partial charge in [-0.05, 0) is 6.92 Å². The summed E-state index contributed by atoms with van der Waals surface area (Å²) in [5.41, 5.74) is 1.76. The second kappa shape index (κ2) is 9.90. The predicted molar refractivity (Wildman–Crippen MR) is 79.4 cm³/mol. The van der Waals surface area contributed by atoms with Gasteiger partial charge in [-0.3, -0.25) is 4.79 Å². The van der Waals surface area contributed by atoms with E-state index in [1.54, 1.807) is 12.1 Å². The van der Waals surface area contributed by atoms with Crippen LogP contribution in [0, 0.1) is 6.92 Å². The molecule has 21 heavy (non-hydrogen) atoms. The van der Waals surface area contributed by atoms with Crippen molar-refractivity contribution in [3.05, 3.63) is 35.4 Å². The van der Waals surface area contributed by atoms with Gasteiger partial charge in [0.25, 0.3) is 0 Å². The molecule has 0 aromatic heterocycles. The summed E-state index contributed by atoms with van der Waals surface area (Å²) in [6, 6.07) is 7.02. The second-order valence-corrected chi connectivity index (χ2v) is 4.56. The lowest BCUT2D eigenvalue weighted by Gasteiger charge is -2.07. The minimum atomic E-state index is -0.334. The molecule has 1 aromatic rings. The van der Waals surface area contributed by atoms with E-state index in [4.69, 9.17) is 9.84 Å². The van der Waals surface area contributed by atoms with Crippen molar-refractivity contribution in [2.45, 2.75) is 13.3 Å². The van der Waals surface area contributed by atoms with Gasteiger partial charge < -0.3 is 20.5 Å². The zero-order valence-electron chi connectivity index (χ0n) is 12.2. The Hall–Kier alpha value is -1.92. The van der Waals surface area contributed by atoms with Crippen LogP contribution in [0.25, 0.3) is 0 Å². The molecular weight excluding hydrogens is 272 g/mol. The maximum absolute atomic E-state index is 11.9. The maximum atomic E-state index is 11.9. The summed E-state index contributed by atoms with van der Waals surface area (Å²) < 4.78 is 5.00. The van der Waals surface area contributed by atoms with E-state index in [0.717, 1.165) is 5.56 Å². The topological polar surface area (TPSA) is 87.7 Å². The number of ether oxygens (including phenoxy) is 1. The summed E-state index contributed by atoms with van der Waals surface area (Å²) in [6.07, 6.45) is 0.261. The van der Waals surface area contributed by atoms with Crippen molar-refractivity contribution in [2.75, 3.05) is 32.9 Å². The van der Waals surface area contributed by atoms with Gasteiger partial charge in [-0.15, -0.1) is 0 Å². The van der Waals surface area contributed by atoms with Crippen LogP contribution >= 0.6 is 0 Å². The lowest BCUT2D eigenvalue weighted by molar-refractivity contribution is 0.0946. The van der Waals surface area contributed by atoms with Crippen LogP contribution in [-0.4, -0.2) is 49.8 Å². The molecule has 0 unspecified atom stereocenters. The number of rotatable bonds is 9. The summed E-state index contributed by atoms with van der Waals surface area (Å²) >= 11 is 0. The van der Waals surface area contributed by atoms with Crippen LogP contribution in [0.1, 0.15) is 22.3 Å². The van der Waals surface area contributed by atoms with Crippen LogP contribution in [0.5, 0.6) is 0 Å². The monoisotopic (exact) mass is 294 g/mol. The van der Waals surface area contributed by atoms with E-state index in [9.17, 15) is 9.59 Å². The first-order valence-corrected chi connectivity index (χ1v) is 6.93. The summed E-state index contributed by atoms with van der Waals surface area (Å²) in [7, 11) is 0. The molecular formula is C15H22N2O4. The zero-order chi connectivity index (χ0) is 15.5. The van der Waals surface area contributed by atoms with Gasteiger partial charge in [0.05, 0.1) is 19.8 Å². The number of aliphatic hydroxyl groups is 1. The van der Waals surface area contributed by atoms with E-state index in [2.05, 4.69) is 10.6 Å². The highest BCUT2D eigenvalue weighted by Gasteiger charge is 2.06. The Bertz CT molecular complexity index is 445. The predicted octanol–water partition coefficient (Wildman–Crippen LogP) is 0.876. The Labute approximate surface area is 124 Å². The number of hydrogen-bond donors (Lipinski definition) is 3. The average molecular weight is 294 g/mol. The first kappa shape index (κ1) is 17.1. The maximum Gasteiger partial charge on any atom is 0.314 e. The molecule has 0 aliphatic rings. The Balaban J connectivity index is 2.13. The molecule has 6 nitrogen and oxygen atoms in total. The average Bonchev–Trinajstić information content (AvgIpc) is 2.47. The fourth-order valence-electron chi connectivity index (χ4n) is 1.64. The van der Waals surface area contributed by atoms with Crippen molar-refractivity contribution in [1.82, 2.24) is 10.6 Å². The van der Waals surface area contributed by atoms with Crippen LogP contribution in [-0.2, 0) is 4.74 Å². The summed E-state index contributed by atoms with van der Waals surface area (Å²) in [6.45, 7) is 3.18. The molecule has 1 rings (SSSR count). The van der Waals surface area contributed by atoms with Crippen LogP contribution in [0.15, 0.2) is 24.3 Å². The smallest absolute Gasteiger partial charge is 0.314 e. The molecule has 116 valence electrons. The van der Waals surface area contributed by atoms with Crippen molar-refractivity contribution >= 4 is 11.8 Å². The number of Topliss-reactive ketones (excluding diaryl/α,β-unsaturated/α-hetero) is 1. The van der Waals surface area contributed by atoms with Crippen LogP contribution in [0.3, 0.4) is 0 Å². The summed E-state index contributed by atoms with van der Waals surface area (Å²) in [5, 5.41) is 13.7. The third-order valence-corrected chi connectivity index (χ3v) is 2.78. The fraction of sp³-hybridized carbons (Fsp3) is 0.467. The van der Waals surface area contributed by atoms with E-state index in [1.165, 1.54) is 0 Å². The van der Waals surface area contributed by atoms with Crippen LogP contribution in [0.2, 0.25) is 0 Å². The number of carbonyl (C=O) groups is 2. The molecule has 0 saturated carbocycles. The quantitative estimate of drug-likeness (QED) is 0.466. The number of aryl methyl sites for hydroxylation is 1. The third kappa shape index (κ3) is 7.43. The van der Waals surface area contributed by atoms with Gasteiger partial charge in [-0.2, -0.15) is 0 Å². The van der Waals surface area contributed by atoms with Crippen molar-refractivity contribution in [3.63, 3.8) is 0 Å². The minimum absolute atomic E-state index is 0.00146. The number of nitrogens with one attached hydrogen (secondary N) is 2. The molecule has 0 saturated heterocycles. The summed E-state index contributed by atoms with van der Waals surface area (Å²) in [4.78, 5) is 23.3.